The molecule has 0 spiro atoms. The van der Waals surface area contributed by atoms with Gasteiger partial charge in [-0.3, -0.25) is 14.5 Å². The predicted octanol–water partition coefficient (Wildman–Crippen LogP) is 3.74. The third-order valence-corrected chi connectivity index (χ3v) is 6.24. The molecule has 2 aromatic carbocycles. The van der Waals surface area contributed by atoms with E-state index < -0.39 is 0 Å². The van der Waals surface area contributed by atoms with E-state index in [-0.39, 0.29) is 11.8 Å². The van der Waals surface area contributed by atoms with Crippen LogP contribution in [0.15, 0.2) is 53.9 Å². The summed E-state index contributed by atoms with van der Waals surface area (Å²) in [7, 11) is 1.66. The van der Waals surface area contributed by atoms with Crippen molar-refractivity contribution in [3.05, 3.63) is 64.5 Å². The fourth-order valence-corrected chi connectivity index (χ4v) is 4.50. The fourth-order valence-electron chi connectivity index (χ4n) is 3.66. The van der Waals surface area contributed by atoms with Crippen LogP contribution in [0.4, 0.5) is 5.69 Å². The van der Waals surface area contributed by atoms with Crippen LogP contribution in [0, 0.1) is 0 Å². The Labute approximate surface area is 191 Å². The molecule has 0 unspecified atom stereocenters. The number of amides is 2. The normalized spacial score (nSPS) is 14.2. The van der Waals surface area contributed by atoms with Gasteiger partial charge in [-0.1, -0.05) is 0 Å². The van der Waals surface area contributed by atoms with Crippen LogP contribution >= 0.6 is 11.3 Å². The SMILES string of the molecule is COc1ccc(-c2csc(CN3CCN(C(=O)c4ccc(NC(C)=O)cc4)CC3)n2)cc1. The number of hydrogen-bond acceptors (Lipinski definition) is 6. The number of rotatable bonds is 6. The Hall–Kier alpha value is -3.23. The van der Waals surface area contributed by atoms with Crippen molar-refractivity contribution in [2.24, 2.45) is 0 Å². The average molecular weight is 451 g/mol. The van der Waals surface area contributed by atoms with Gasteiger partial charge in [0, 0.05) is 55.3 Å². The quantitative estimate of drug-likeness (QED) is 0.619. The summed E-state index contributed by atoms with van der Waals surface area (Å²) in [5.41, 5.74) is 3.38. The number of methoxy groups -OCH3 is 1. The standard InChI is InChI=1S/C24H26N4O3S/c1-17(29)25-20-7-3-19(4-8-20)24(30)28-13-11-27(12-14-28)15-23-26-22(16-32-23)18-5-9-21(31-2)10-6-18/h3-10,16H,11-15H2,1-2H3,(H,25,29). The van der Waals surface area contributed by atoms with Gasteiger partial charge in [0.2, 0.25) is 5.91 Å². The van der Waals surface area contributed by atoms with Gasteiger partial charge in [-0.25, -0.2) is 4.98 Å². The Bertz CT molecular complexity index is 1070. The van der Waals surface area contributed by atoms with Crippen LogP contribution in [0.2, 0.25) is 0 Å². The van der Waals surface area contributed by atoms with Crippen LogP contribution in [-0.4, -0.2) is 59.9 Å². The molecule has 7 nitrogen and oxygen atoms in total. The predicted molar refractivity (Wildman–Crippen MR) is 126 cm³/mol. The Morgan fingerprint density at radius 1 is 1.03 bits per heavy atom. The second-order valence-corrected chi connectivity index (χ2v) is 8.62. The molecule has 1 saturated heterocycles. The lowest BCUT2D eigenvalue weighted by Gasteiger charge is -2.34. The van der Waals surface area contributed by atoms with Crippen molar-refractivity contribution >= 4 is 28.8 Å². The molecule has 166 valence electrons. The molecule has 0 saturated carbocycles. The number of carbonyl (C=O) groups is 2. The minimum Gasteiger partial charge on any atom is -0.497 e. The summed E-state index contributed by atoms with van der Waals surface area (Å²) < 4.78 is 5.22. The molecule has 3 aromatic rings. The highest BCUT2D eigenvalue weighted by atomic mass is 32.1. The van der Waals surface area contributed by atoms with Gasteiger partial charge in [-0.05, 0) is 48.5 Å². The molecule has 1 N–H and O–H groups in total. The van der Waals surface area contributed by atoms with E-state index >= 15 is 0 Å². The third kappa shape index (κ3) is 5.33. The molecule has 1 aliphatic heterocycles. The van der Waals surface area contributed by atoms with Gasteiger partial charge in [0.1, 0.15) is 10.8 Å². The van der Waals surface area contributed by atoms with E-state index in [0.717, 1.165) is 41.6 Å². The summed E-state index contributed by atoms with van der Waals surface area (Å²) in [6, 6.07) is 15.0. The van der Waals surface area contributed by atoms with Crippen LogP contribution in [0.5, 0.6) is 5.75 Å². The molecule has 0 atom stereocenters. The Balaban J connectivity index is 1.29. The van der Waals surface area contributed by atoms with Crippen molar-refractivity contribution in [3.63, 3.8) is 0 Å². The number of piperazine rings is 1. The van der Waals surface area contributed by atoms with E-state index in [1.807, 2.05) is 29.2 Å². The topological polar surface area (TPSA) is 74.8 Å². The molecule has 4 rings (SSSR count). The van der Waals surface area contributed by atoms with Gasteiger partial charge in [0.05, 0.1) is 19.3 Å². The zero-order valence-corrected chi connectivity index (χ0v) is 19.0. The van der Waals surface area contributed by atoms with Crippen molar-refractivity contribution in [2.45, 2.75) is 13.5 Å². The maximum Gasteiger partial charge on any atom is 0.253 e. The molecular weight excluding hydrogens is 424 g/mol. The van der Waals surface area contributed by atoms with Crippen LogP contribution in [0.3, 0.4) is 0 Å². The summed E-state index contributed by atoms with van der Waals surface area (Å²) in [4.78, 5) is 32.9. The largest absolute Gasteiger partial charge is 0.497 e. The van der Waals surface area contributed by atoms with Crippen molar-refractivity contribution in [2.75, 3.05) is 38.6 Å². The number of nitrogens with one attached hydrogen (secondary N) is 1. The number of benzene rings is 2. The van der Waals surface area contributed by atoms with Gasteiger partial charge in [-0.2, -0.15) is 0 Å². The molecule has 1 fully saturated rings. The Kier molecular flexibility index (Phi) is 6.82. The average Bonchev–Trinajstić information content (AvgIpc) is 3.28. The Morgan fingerprint density at radius 2 is 1.72 bits per heavy atom. The van der Waals surface area contributed by atoms with Crippen molar-refractivity contribution in [1.29, 1.82) is 0 Å². The minimum absolute atomic E-state index is 0.0232. The Morgan fingerprint density at radius 3 is 2.34 bits per heavy atom. The summed E-state index contributed by atoms with van der Waals surface area (Å²) in [5.74, 6) is 0.729. The van der Waals surface area contributed by atoms with E-state index in [9.17, 15) is 9.59 Å². The van der Waals surface area contributed by atoms with Gasteiger partial charge in [-0.15, -0.1) is 11.3 Å². The van der Waals surface area contributed by atoms with Crippen LogP contribution in [0.25, 0.3) is 11.3 Å². The first-order chi connectivity index (χ1) is 15.5. The zero-order chi connectivity index (χ0) is 22.5. The number of aromatic nitrogens is 1. The molecular formula is C24H26N4O3S. The van der Waals surface area contributed by atoms with Crippen molar-refractivity contribution in [1.82, 2.24) is 14.8 Å². The van der Waals surface area contributed by atoms with Crippen LogP contribution < -0.4 is 10.1 Å². The molecule has 1 aromatic heterocycles. The van der Waals surface area contributed by atoms with Gasteiger partial charge in [0.15, 0.2) is 0 Å². The van der Waals surface area contributed by atoms with E-state index in [1.54, 1.807) is 42.7 Å². The lowest BCUT2D eigenvalue weighted by Crippen LogP contribution is -2.48. The molecule has 2 heterocycles. The van der Waals surface area contributed by atoms with Crippen LogP contribution in [-0.2, 0) is 11.3 Å². The minimum atomic E-state index is -0.128. The second-order valence-electron chi connectivity index (χ2n) is 7.68. The summed E-state index contributed by atoms with van der Waals surface area (Å²) in [6.07, 6.45) is 0. The van der Waals surface area contributed by atoms with Gasteiger partial charge in [0.25, 0.3) is 5.91 Å². The summed E-state index contributed by atoms with van der Waals surface area (Å²) in [6.45, 7) is 5.24. The van der Waals surface area contributed by atoms with Gasteiger partial charge >= 0.3 is 0 Å². The van der Waals surface area contributed by atoms with E-state index in [1.165, 1.54) is 6.92 Å². The molecule has 32 heavy (non-hydrogen) atoms. The lowest BCUT2D eigenvalue weighted by atomic mass is 10.1. The second kappa shape index (κ2) is 9.93. The maximum absolute atomic E-state index is 12.8. The first-order valence-electron chi connectivity index (χ1n) is 10.5. The molecule has 8 heteroatoms. The van der Waals surface area contributed by atoms with Crippen LogP contribution in [0.1, 0.15) is 22.3 Å². The maximum atomic E-state index is 12.8. The molecule has 0 aliphatic carbocycles. The number of carbonyl (C=O) groups excluding carboxylic acids is 2. The van der Waals surface area contributed by atoms with E-state index in [0.29, 0.717) is 24.3 Å². The first kappa shape index (κ1) is 22.0. The smallest absolute Gasteiger partial charge is 0.253 e. The van der Waals surface area contributed by atoms with Crippen molar-refractivity contribution in [3.8, 4) is 17.0 Å². The third-order valence-electron chi connectivity index (χ3n) is 5.41. The van der Waals surface area contributed by atoms with Crippen molar-refractivity contribution < 1.29 is 14.3 Å². The molecule has 0 radical (unpaired) electrons. The fraction of sp³-hybridized carbons (Fsp3) is 0.292. The van der Waals surface area contributed by atoms with Gasteiger partial charge < -0.3 is 15.0 Å². The number of ether oxygens (including phenoxy) is 1. The number of thiazole rings is 1. The highest BCUT2D eigenvalue weighted by molar-refractivity contribution is 7.09. The number of anilines is 1. The summed E-state index contributed by atoms with van der Waals surface area (Å²) >= 11 is 1.66. The molecule has 0 bridgehead atoms. The highest BCUT2D eigenvalue weighted by Crippen LogP contribution is 2.25. The van der Waals surface area contributed by atoms with E-state index in [4.69, 9.17) is 9.72 Å². The zero-order valence-electron chi connectivity index (χ0n) is 18.2. The number of nitrogens with zero attached hydrogens (tertiary/aromatic N) is 3. The highest BCUT2D eigenvalue weighted by Gasteiger charge is 2.23. The molecule has 2 amide bonds. The monoisotopic (exact) mass is 450 g/mol. The lowest BCUT2D eigenvalue weighted by molar-refractivity contribution is -0.114. The summed E-state index contributed by atoms with van der Waals surface area (Å²) in [5, 5.41) is 5.87. The first-order valence-corrected chi connectivity index (χ1v) is 11.4. The molecule has 1 aliphatic rings. The van der Waals surface area contributed by atoms with E-state index in [2.05, 4.69) is 15.6 Å². The number of hydrogen-bond donors (Lipinski definition) is 1.